The lowest BCUT2D eigenvalue weighted by atomic mass is 10.1. The van der Waals surface area contributed by atoms with Crippen molar-refractivity contribution >= 4 is 39.9 Å². The molecule has 6 nitrogen and oxygen atoms in total. The number of nitrogens with zero attached hydrogens (tertiary/aromatic N) is 1. The summed E-state index contributed by atoms with van der Waals surface area (Å²) in [7, 11) is 1.29. The van der Waals surface area contributed by atoms with E-state index in [1.54, 1.807) is 53.9 Å². The molecule has 8 heteroatoms. The number of hydrogen-bond acceptors (Lipinski definition) is 7. The topological polar surface area (TPSA) is 78.6 Å². The first-order valence-electron chi connectivity index (χ1n) is 8.54. The third-order valence-corrected chi connectivity index (χ3v) is 5.22. The molecule has 0 saturated carbocycles. The van der Waals surface area contributed by atoms with Crippen molar-refractivity contribution in [3.63, 3.8) is 0 Å². The summed E-state index contributed by atoms with van der Waals surface area (Å²) < 4.78 is 16.5. The second kappa shape index (κ2) is 8.06. The van der Waals surface area contributed by atoms with Gasteiger partial charge in [-0.25, -0.2) is 9.78 Å². The molecule has 146 valence electrons. The molecule has 0 unspecified atom stereocenters. The van der Waals surface area contributed by atoms with Crippen molar-refractivity contribution in [2.75, 3.05) is 7.11 Å². The Morgan fingerprint density at radius 2 is 1.93 bits per heavy atom. The van der Waals surface area contributed by atoms with Crippen molar-refractivity contribution in [2.24, 2.45) is 0 Å². The molecule has 0 aliphatic rings. The molecule has 0 fully saturated rings. The number of thiazole rings is 1. The van der Waals surface area contributed by atoms with E-state index in [1.807, 2.05) is 0 Å². The number of ether oxygens (including phenoxy) is 2. The highest BCUT2D eigenvalue weighted by Gasteiger charge is 2.19. The first-order valence-corrected chi connectivity index (χ1v) is 9.80. The minimum atomic E-state index is -0.528. The Bertz CT molecular complexity index is 1250. The minimum absolute atomic E-state index is 0.00531. The van der Waals surface area contributed by atoms with Crippen LogP contribution < -0.4 is 10.2 Å². The van der Waals surface area contributed by atoms with Crippen LogP contribution in [0.5, 0.6) is 5.75 Å². The summed E-state index contributed by atoms with van der Waals surface area (Å²) in [4.78, 5) is 28.8. The zero-order chi connectivity index (χ0) is 20.4. The molecule has 29 heavy (non-hydrogen) atoms. The lowest BCUT2D eigenvalue weighted by molar-refractivity contribution is 0.0594. The smallest absolute Gasteiger partial charge is 0.357 e. The highest BCUT2D eigenvalue weighted by Crippen LogP contribution is 2.32. The number of para-hydroxylation sites is 1. The second-order valence-corrected chi connectivity index (χ2v) is 7.38. The molecule has 2 aromatic carbocycles. The Hall–Kier alpha value is -3.16. The maximum Gasteiger partial charge on any atom is 0.357 e. The fourth-order valence-electron chi connectivity index (χ4n) is 2.76. The summed E-state index contributed by atoms with van der Waals surface area (Å²) in [6.07, 6.45) is 0. The van der Waals surface area contributed by atoms with Gasteiger partial charge in [-0.15, -0.1) is 11.3 Å². The van der Waals surface area contributed by atoms with Crippen LogP contribution in [-0.2, 0) is 11.3 Å². The van der Waals surface area contributed by atoms with Crippen LogP contribution in [0, 0.1) is 0 Å². The van der Waals surface area contributed by atoms with E-state index in [-0.39, 0.29) is 23.5 Å². The van der Waals surface area contributed by atoms with E-state index >= 15 is 0 Å². The molecule has 0 amide bonds. The predicted octanol–water partition coefficient (Wildman–Crippen LogP) is 4.94. The molecule has 0 radical (unpaired) electrons. The number of halogens is 1. The van der Waals surface area contributed by atoms with E-state index < -0.39 is 5.97 Å². The molecule has 2 heterocycles. The van der Waals surface area contributed by atoms with Crippen molar-refractivity contribution < 1.29 is 18.7 Å². The highest BCUT2D eigenvalue weighted by atomic mass is 35.5. The van der Waals surface area contributed by atoms with E-state index in [2.05, 4.69) is 9.72 Å². The molecule has 4 rings (SSSR count). The number of rotatable bonds is 5. The number of benzene rings is 2. The number of carbonyl (C=O) groups excluding carboxylic acids is 1. The maximum atomic E-state index is 13.1. The highest BCUT2D eigenvalue weighted by molar-refractivity contribution is 7.09. The van der Waals surface area contributed by atoms with Crippen LogP contribution in [0.4, 0.5) is 0 Å². The first kappa shape index (κ1) is 19.2. The third-order valence-electron chi connectivity index (χ3n) is 4.15. The first-order chi connectivity index (χ1) is 14.1. The van der Waals surface area contributed by atoms with Gasteiger partial charge in [-0.2, -0.15) is 0 Å². The normalized spacial score (nSPS) is 10.8. The van der Waals surface area contributed by atoms with Crippen LogP contribution in [0.2, 0.25) is 5.02 Å². The number of carbonyl (C=O) groups is 1. The lowest BCUT2D eigenvalue weighted by Gasteiger charge is -2.11. The largest absolute Gasteiger partial charge is 0.479 e. The summed E-state index contributed by atoms with van der Waals surface area (Å²) in [6.45, 7) is 0.00531. The number of hydrogen-bond donors (Lipinski definition) is 0. The van der Waals surface area contributed by atoms with Crippen molar-refractivity contribution in [1.82, 2.24) is 4.98 Å². The zero-order valence-corrected chi connectivity index (χ0v) is 16.8. The maximum absolute atomic E-state index is 13.1. The fourth-order valence-corrected chi connectivity index (χ4v) is 3.56. The summed E-state index contributed by atoms with van der Waals surface area (Å²) in [5.74, 6) is -0.157. The van der Waals surface area contributed by atoms with E-state index in [0.717, 1.165) is 0 Å². The van der Waals surface area contributed by atoms with Gasteiger partial charge < -0.3 is 13.9 Å². The van der Waals surface area contributed by atoms with Crippen LogP contribution in [0.15, 0.2) is 63.1 Å². The van der Waals surface area contributed by atoms with Crippen LogP contribution in [0.25, 0.3) is 22.3 Å². The Balaban J connectivity index is 1.75. The van der Waals surface area contributed by atoms with E-state index in [4.69, 9.17) is 20.8 Å². The number of esters is 1. The van der Waals surface area contributed by atoms with Crippen LogP contribution in [0.3, 0.4) is 0 Å². The average Bonchev–Trinajstić information content (AvgIpc) is 3.22. The second-order valence-electron chi connectivity index (χ2n) is 6.00. The molecule has 0 spiro atoms. The quantitative estimate of drug-likeness (QED) is 0.420. The van der Waals surface area contributed by atoms with Gasteiger partial charge in [-0.1, -0.05) is 23.7 Å². The summed E-state index contributed by atoms with van der Waals surface area (Å²) in [6, 6.07) is 13.9. The van der Waals surface area contributed by atoms with Crippen LogP contribution in [0.1, 0.15) is 15.5 Å². The number of methoxy groups -OCH3 is 1. The molecular weight excluding hydrogens is 414 g/mol. The molecule has 4 aromatic rings. The van der Waals surface area contributed by atoms with Gasteiger partial charge in [0.1, 0.15) is 17.2 Å². The number of fused-ring (bicyclic) bond motifs is 1. The Morgan fingerprint density at radius 1 is 1.17 bits per heavy atom. The van der Waals surface area contributed by atoms with E-state index in [1.165, 1.54) is 18.4 Å². The predicted molar refractivity (Wildman–Crippen MR) is 111 cm³/mol. The van der Waals surface area contributed by atoms with Gasteiger partial charge in [-0.3, -0.25) is 4.79 Å². The molecule has 0 saturated heterocycles. The van der Waals surface area contributed by atoms with Gasteiger partial charge in [0.25, 0.3) is 0 Å². The SMILES string of the molecule is COC(=O)c1csc(COc2c(-c3ccc(Cl)cc3)oc3ccccc3c2=O)n1. The lowest BCUT2D eigenvalue weighted by Crippen LogP contribution is -2.10. The average molecular weight is 428 g/mol. The molecule has 0 N–H and O–H groups in total. The fraction of sp³-hybridized carbons (Fsp3) is 0.0952. The molecule has 0 bridgehead atoms. The molecule has 0 aliphatic heterocycles. The van der Waals surface area contributed by atoms with Gasteiger partial charge >= 0.3 is 5.97 Å². The Labute approximate surface area is 174 Å². The summed E-state index contributed by atoms with van der Waals surface area (Å²) in [5, 5.41) is 3.08. The van der Waals surface area contributed by atoms with Gasteiger partial charge in [0.05, 0.1) is 12.5 Å². The van der Waals surface area contributed by atoms with Gasteiger partial charge in [0.15, 0.2) is 11.5 Å². The van der Waals surface area contributed by atoms with Gasteiger partial charge in [-0.05, 0) is 36.4 Å². The third kappa shape index (κ3) is 3.87. The summed E-state index contributed by atoms with van der Waals surface area (Å²) >= 11 is 7.22. The van der Waals surface area contributed by atoms with Gasteiger partial charge in [0.2, 0.25) is 11.2 Å². The van der Waals surface area contributed by atoms with E-state index in [0.29, 0.717) is 32.3 Å². The molecule has 0 aliphatic carbocycles. The molecular formula is C21H14ClNO5S. The monoisotopic (exact) mass is 427 g/mol. The molecule has 0 atom stereocenters. The zero-order valence-electron chi connectivity index (χ0n) is 15.2. The van der Waals surface area contributed by atoms with Crippen molar-refractivity contribution in [3.05, 3.63) is 79.9 Å². The van der Waals surface area contributed by atoms with Gasteiger partial charge in [0, 0.05) is 16.0 Å². The van der Waals surface area contributed by atoms with Crippen molar-refractivity contribution in [3.8, 4) is 17.1 Å². The Morgan fingerprint density at radius 3 is 2.69 bits per heavy atom. The van der Waals surface area contributed by atoms with Crippen molar-refractivity contribution in [2.45, 2.75) is 6.61 Å². The summed E-state index contributed by atoms with van der Waals surface area (Å²) in [5.41, 5.74) is 1.01. The van der Waals surface area contributed by atoms with E-state index in [9.17, 15) is 9.59 Å². The van der Waals surface area contributed by atoms with Crippen LogP contribution >= 0.6 is 22.9 Å². The Kier molecular flexibility index (Phi) is 5.33. The van der Waals surface area contributed by atoms with Crippen molar-refractivity contribution in [1.29, 1.82) is 0 Å². The minimum Gasteiger partial charge on any atom is -0.479 e. The standard InChI is InChI=1S/C21H14ClNO5S/c1-26-21(25)15-11-29-17(23-15)10-27-20-18(24)14-4-2-3-5-16(14)28-19(20)12-6-8-13(22)9-7-12/h2-9,11H,10H2,1H3. The molecule has 2 aromatic heterocycles. The van der Waals surface area contributed by atoms with Crippen LogP contribution in [-0.4, -0.2) is 18.1 Å². The number of aromatic nitrogens is 1.